The van der Waals surface area contributed by atoms with Gasteiger partial charge in [-0.05, 0) is 82.1 Å². The zero-order chi connectivity index (χ0) is 24.7. The Bertz CT molecular complexity index is 887. The molecule has 2 N–H and O–H groups in total. The molecule has 1 atom stereocenters. The van der Waals surface area contributed by atoms with Crippen LogP contribution in [0, 0.1) is 11.3 Å². The standard InChI is InChI=1S/C26H38N4O4/c1-19(32)30(21(18-31)8-9-24(33)27-2)25(34)22-6-4-5-7-23(22)28-13-10-20-16-26(17-20)11-14-29(3)15-12-26/h4-7,18,20-21,28H,8-17H2,1-3H3,(H,27,33). The first-order valence-electron chi connectivity index (χ1n) is 12.3. The van der Waals surface area contributed by atoms with Crippen LogP contribution in [-0.4, -0.2) is 73.6 Å². The average molecular weight is 471 g/mol. The summed E-state index contributed by atoms with van der Waals surface area (Å²) in [5.41, 5.74) is 1.55. The summed E-state index contributed by atoms with van der Waals surface area (Å²) in [5.74, 6) is -0.593. The molecule has 2 aliphatic rings. The molecule has 1 saturated carbocycles. The van der Waals surface area contributed by atoms with Crippen molar-refractivity contribution in [1.82, 2.24) is 15.1 Å². The minimum absolute atomic E-state index is 0.0516. The lowest BCUT2D eigenvalue weighted by molar-refractivity contribution is -0.132. The molecule has 1 aromatic rings. The van der Waals surface area contributed by atoms with Gasteiger partial charge in [-0.2, -0.15) is 0 Å². The fourth-order valence-electron chi connectivity index (χ4n) is 5.42. The number of amides is 3. The fraction of sp³-hybridized carbons (Fsp3) is 0.615. The van der Waals surface area contributed by atoms with E-state index in [0.29, 0.717) is 28.9 Å². The number of hydrogen-bond donors (Lipinski definition) is 2. The van der Waals surface area contributed by atoms with E-state index >= 15 is 0 Å². The summed E-state index contributed by atoms with van der Waals surface area (Å²) < 4.78 is 0. The van der Waals surface area contributed by atoms with Crippen LogP contribution < -0.4 is 10.6 Å². The summed E-state index contributed by atoms with van der Waals surface area (Å²) in [5, 5.41) is 5.87. The molecule has 1 aromatic carbocycles. The Labute approximate surface area is 202 Å². The molecule has 1 unspecified atom stereocenters. The maximum absolute atomic E-state index is 13.3. The van der Waals surface area contributed by atoms with Crippen LogP contribution in [0.1, 0.15) is 62.2 Å². The number of carbonyl (C=O) groups excluding carboxylic acids is 4. The van der Waals surface area contributed by atoms with Gasteiger partial charge in [-0.15, -0.1) is 0 Å². The first kappa shape index (κ1) is 25.9. The van der Waals surface area contributed by atoms with Gasteiger partial charge in [0.05, 0.1) is 11.6 Å². The van der Waals surface area contributed by atoms with Crippen LogP contribution in [0.2, 0.25) is 0 Å². The number of carbonyl (C=O) groups is 4. The third kappa shape index (κ3) is 6.23. The van der Waals surface area contributed by atoms with Crippen molar-refractivity contribution in [2.75, 3.05) is 39.0 Å². The Hall–Kier alpha value is -2.74. The van der Waals surface area contributed by atoms with Gasteiger partial charge >= 0.3 is 0 Å². The van der Waals surface area contributed by atoms with Crippen LogP contribution in [-0.2, 0) is 14.4 Å². The smallest absolute Gasteiger partial charge is 0.263 e. The SMILES string of the molecule is CNC(=O)CCC(C=O)N(C(C)=O)C(=O)c1ccccc1NCCC1CC2(CCN(C)CC2)C1. The highest BCUT2D eigenvalue weighted by Crippen LogP contribution is 2.53. The van der Waals surface area contributed by atoms with E-state index < -0.39 is 17.9 Å². The quantitative estimate of drug-likeness (QED) is 0.510. The molecule has 1 aliphatic carbocycles. The molecule has 8 heteroatoms. The Morgan fingerprint density at radius 2 is 1.88 bits per heavy atom. The van der Waals surface area contributed by atoms with Crippen molar-refractivity contribution in [2.45, 2.75) is 57.9 Å². The first-order chi connectivity index (χ1) is 16.3. The molecule has 186 valence electrons. The van der Waals surface area contributed by atoms with E-state index in [0.717, 1.165) is 17.9 Å². The van der Waals surface area contributed by atoms with Gasteiger partial charge in [-0.25, -0.2) is 0 Å². The molecule has 1 spiro atoms. The maximum atomic E-state index is 13.3. The van der Waals surface area contributed by atoms with Gasteiger partial charge in [0.1, 0.15) is 6.29 Å². The minimum Gasteiger partial charge on any atom is -0.384 e. The summed E-state index contributed by atoms with van der Waals surface area (Å²) in [7, 11) is 3.70. The third-order valence-electron chi connectivity index (χ3n) is 7.51. The number of nitrogens with zero attached hydrogens (tertiary/aromatic N) is 2. The zero-order valence-electron chi connectivity index (χ0n) is 20.6. The van der Waals surface area contributed by atoms with Crippen molar-refractivity contribution in [2.24, 2.45) is 11.3 Å². The maximum Gasteiger partial charge on any atom is 0.263 e. The molecule has 1 heterocycles. The molecule has 34 heavy (non-hydrogen) atoms. The van der Waals surface area contributed by atoms with Crippen LogP contribution in [0.15, 0.2) is 24.3 Å². The molecule has 0 aromatic heterocycles. The van der Waals surface area contributed by atoms with Crippen LogP contribution in [0.25, 0.3) is 0 Å². The number of likely N-dealkylation sites (tertiary alicyclic amines) is 1. The molecular formula is C26H38N4O4. The van der Waals surface area contributed by atoms with Gasteiger partial charge in [0, 0.05) is 32.6 Å². The van der Waals surface area contributed by atoms with Crippen molar-refractivity contribution in [3.8, 4) is 0 Å². The second kappa shape index (κ2) is 11.6. The van der Waals surface area contributed by atoms with Gasteiger partial charge in [0.2, 0.25) is 11.8 Å². The summed E-state index contributed by atoms with van der Waals surface area (Å²) in [4.78, 5) is 52.3. The van der Waals surface area contributed by atoms with E-state index in [9.17, 15) is 19.2 Å². The van der Waals surface area contributed by atoms with E-state index in [1.54, 1.807) is 12.1 Å². The number of benzene rings is 1. The van der Waals surface area contributed by atoms with E-state index in [1.165, 1.54) is 52.7 Å². The average Bonchev–Trinajstić information content (AvgIpc) is 2.81. The van der Waals surface area contributed by atoms with Crippen LogP contribution in [0.4, 0.5) is 5.69 Å². The van der Waals surface area contributed by atoms with Gasteiger partial charge in [0.25, 0.3) is 5.91 Å². The molecule has 2 fully saturated rings. The molecule has 3 rings (SSSR count). The van der Waals surface area contributed by atoms with E-state index in [4.69, 9.17) is 0 Å². The topological polar surface area (TPSA) is 98.8 Å². The zero-order valence-corrected chi connectivity index (χ0v) is 20.6. The number of aldehydes is 1. The van der Waals surface area contributed by atoms with Gasteiger partial charge in [0.15, 0.2) is 0 Å². The van der Waals surface area contributed by atoms with Crippen LogP contribution in [0.5, 0.6) is 0 Å². The highest BCUT2D eigenvalue weighted by atomic mass is 16.2. The predicted octanol–water partition coefficient (Wildman–Crippen LogP) is 2.69. The number of anilines is 1. The molecule has 3 amide bonds. The van der Waals surface area contributed by atoms with Gasteiger partial charge in [-0.3, -0.25) is 19.3 Å². The first-order valence-corrected chi connectivity index (χ1v) is 12.3. The van der Waals surface area contributed by atoms with Crippen molar-refractivity contribution < 1.29 is 19.2 Å². The predicted molar refractivity (Wildman–Crippen MR) is 131 cm³/mol. The minimum atomic E-state index is -0.990. The lowest BCUT2D eigenvalue weighted by Gasteiger charge is -2.52. The molecular weight excluding hydrogens is 432 g/mol. The highest BCUT2D eigenvalue weighted by molar-refractivity contribution is 6.08. The van der Waals surface area contributed by atoms with E-state index in [2.05, 4.69) is 22.6 Å². The molecule has 8 nitrogen and oxygen atoms in total. The Morgan fingerprint density at radius 3 is 2.50 bits per heavy atom. The Balaban J connectivity index is 1.59. The normalized spacial score (nSPS) is 18.6. The number of hydrogen-bond acceptors (Lipinski definition) is 6. The lowest BCUT2D eigenvalue weighted by atomic mass is 9.57. The van der Waals surface area contributed by atoms with Gasteiger partial charge < -0.3 is 20.3 Å². The number of imide groups is 1. The third-order valence-corrected chi connectivity index (χ3v) is 7.51. The second-order valence-electron chi connectivity index (χ2n) is 9.95. The largest absolute Gasteiger partial charge is 0.384 e. The summed E-state index contributed by atoms with van der Waals surface area (Å²) in [6.45, 7) is 4.40. The van der Waals surface area contributed by atoms with Gasteiger partial charge in [-0.1, -0.05) is 12.1 Å². The van der Waals surface area contributed by atoms with Crippen molar-refractivity contribution in [3.63, 3.8) is 0 Å². The monoisotopic (exact) mass is 470 g/mol. The van der Waals surface area contributed by atoms with Crippen molar-refractivity contribution >= 4 is 29.7 Å². The molecule has 0 radical (unpaired) electrons. The van der Waals surface area contributed by atoms with Crippen molar-refractivity contribution in [1.29, 1.82) is 0 Å². The van der Waals surface area contributed by atoms with Crippen LogP contribution >= 0.6 is 0 Å². The summed E-state index contributed by atoms with van der Waals surface area (Å²) in [6, 6.07) is 6.09. The molecule has 0 bridgehead atoms. The number of rotatable bonds is 10. The number of para-hydroxylation sites is 1. The Morgan fingerprint density at radius 1 is 1.21 bits per heavy atom. The van der Waals surface area contributed by atoms with Crippen molar-refractivity contribution in [3.05, 3.63) is 29.8 Å². The molecule has 1 aliphatic heterocycles. The number of nitrogens with one attached hydrogen (secondary N) is 2. The fourth-order valence-corrected chi connectivity index (χ4v) is 5.42. The van der Waals surface area contributed by atoms with E-state index in [-0.39, 0.29) is 18.7 Å². The lowest BCUT2D eigenvalue weighted by Crippen LogP contribution is -2.46. The summed E-state index contributed by atoms with van der Waals surface area (Å²) in [6.07, 6.45) is 6.90. The molecule has 1 saturated heterocycles. The van der Waals surface area contributed by atoms with E-state index in [1.807, 2.05) is 12.1 Å². The highest BCUT2D eigenvalue weighted by Gasteiger charge is 2.44. The second-order valence-corrected chi connectivity index (χ2v) is 9.95. The summed E-state index contributed by atoms with van der Waals surface area (Å²) >= 11 is 0. The Kier molecular flexibility index (Phi) is 8.83. The number of piperidine rings is 1. The van der Waals surface area contributed by atoms with Crippen LogP contribution in [0.3, 0.4) is 0 Å².